The highest BCUT2D eigenvalue weighted by molar-refractivity contribution is 7.99. The number of anilines is 2. The summed E-state index contributed by atoms with van der Waals surface area (Å²) in [6.45, 7) is 0. The van der Waals surface area contributed by atoms with Crippen LogP contribution in [0.25, 0.3) is 0 Å². The molecule has 0 aromatic carbocycles. The molecule has 0 unspecified atom stereocenters. The average molecular weight is 281 g/mol. The normalized spacial score (nSPS) is 23.0. The smallest absolute Gasteiger partial charge is 0.337 e. The van der Waals surface area contributed by atoms with Crippen molar-refractivity contribution in [2.75, 3.05) is 17.3 Å². The Kier molecular flexibility index (Phi) is 4.52. The van der Waals surface area contributed by atoms with Crippen molar-refractivity contribution in [3.8, 4) is 0 Å². The molecule has 0 spiro atoms. The van der Waals surface area contributed by atoms with Crippen molar-refractivity contribution >= 4 is 29.2 Å². The molecule has 1 aromatic heterocycles. The van der Waals surface area contributed by atoms with Gasteiger partial charge in [-0.15, -0.1) is 0 Å². The summed E-state index contributed by atoms with van der Waals surface area (Å²) in [5.41, 5.74) is 6.35. The van der Waals surface area contributed by atoms with Crippen molar-refractivity contribution in [1.82, 2.24) is 4.98 Å². The molecule has 1 heterocycles. The largest absolute Gasteiger partial charge is 0.478 e. The Hall–Kier alpha value is -1.43. The first-order valence-corrected chi connectivity index (χ1v) is 7.67. The van der Waals surface area contributed by atoms with E-state index >= 15 is 0 Å². The topological polar surface area (TPSA) is 88.2 Å². The quantitative estimate of drug-likeness (QED) is 0.785. The number of carboxylic acid groups (broad SMARTS) is 1. The number of rotatable bonds is 4. The lowest BCUT2D eigenvalue weighted by Gasteiger charge is -2.28. The van der Waals surface area contributed by atoms with Gasteiger partial charge in [0.15, 0.2) is 0 Å². The van der Waals surface area contributed by atoms with Gasteiger partial charge in [0.2, 0.25) is 0 Å². The maximum absolute atomic E-state index is 10.8. The second-order valence-electron chi connectivity index (χ2n) is 4.82. The van der Waals surface area contributed by atoms with E-state index in [-0.39, 0.29) is 5.56 Å². The molecule has 1 fully saturated rings. The molecule has 0 amide bonds. The van der Waals surface area contributed by atoms with E-state index in [0.29, 0.717) is 17.5 Å². The average Bonchev–Trinajstić information content (AvgIpc) is 2.41. The predicted molar refractivity (Wildman–Crippen MR) is 78.8 cm³/mol. The molecule has 5 nitrogen and oxygen atoms in total. The highest BCUT2D eigenvalue weighted by Gasteiger charge is 2.21. The number of aromatic nitrogens is 1. The first kappa shape index (κ1) is 14.0. The molecule has 2 rings (SSSR count). The van der Waals surface area contributed by atoms with Crippen LogP contribution in [0.2, 0.25) is 0 Å². The lowest BCUT2D eigenvalue weighted by molar-refractivity contribution is 0.0696. The molecule has 0 bridgehead atoms. The molecule has 1 saturated carbocycles. The number of nitrogens with one attached hydrogen (secondary N) is 1. The van der Waals surface area contributed by atoms with Gasteiger partial charge in [-0.3, -0.25) is 0 Å². The second-order valence-corrected chi connectivity index (χ2v) is 5.96. The number of hydrogen-bond acceptors (Lipinski definition) is 5. The molecule has 4 N–H and O–H groups in total. The van der Waals surface area contributed by atoms with Gasteiger partial charge in [-0.1, -0.05) is 0 Å². The molecule has 0 radical (unpaired) electrons. The van der Waals surface area contributed by atoms with Crippen LogP contribution in [0.1, 0.15) is 36.0 Å². The molecule has 0 atom stereocenters. The summed E-state index contributed by atoms with van der Waals surface area (Å²) in [4.78, 5) is 14.9. The molecular formula is C13H19N3O2S. The number of hydrogen-bond donors (Lipinski definition) is 3. The molecule has 104 valence electrons. The summed E-state index contributed by atoms with van der Waals surface area (Å²) in [6, 6.07) is 1.83. The van der Waals surface area contributed by atoms with Crippen molar-refractivity contribution in [3.63, 3.8) is 0 Å². The molecule has 19 heavy (non-hydrogen) atoms. The third kappa shape index (κ3) is 3.53. The molecule has 1 aliphatic rings. The Morgan fingerprint density at radius 1 is 1.47 bits per heavy atom. The second kappa shape index (κ2) is 6.14. The summed E-state index contributed by atoms with van der Waals surface area (Å²) in [6.07, 6.45) is 8.11. The number of pyridine rings is 1. The molecule has 1 aliphatic carbocycles. The van der Waals surface area contributed by atoms with E-state index in [4.69, 9.17) is 10.8 Å². The Morgan fingerprint density at radius 3 is 2.68 bits per heavy atom. The minimum Gasteiger partial charge on any atom is -0.478 e. The third-order valence-electron chi connectivity index (χ3n) is 3.51. The fraction of sp³-hybridized carbons (Fsp3) is 0.538. The molecule has 1 aromatic rings. The zero-order valence-electron chi connectivity index (χ0n) is 10.9. The van der Waals surface area contributed by atoms with Gasteiger partial charge >= 0.3 is 5.97 Å². The highest BCUT2D eigenvalue weighted by atomic mass is 32.2. The van der Waals surface area contributed by atoms with Crippen LogP contribution in [-0.2, 0) is 0 Å². The summed E-state index contributed by atoms with van der Waals surface area (Å²) < 4.78 is 0. The Morgan fingerprint density at radius 2 is 2.16 bits per heavy atom. The van der Waals surface area contributed by atoms with E-state index in [1.807, 2.05) is 11.8 Å². The zero-order chi connectivity index (χ0) is 13.8. The molecule has 6 heteroatoms. The fourth-order valence-electron chi connectivity index (χ4n) is 2.36. The highest BCUT2D eigenvalue weighted by Crippen LogP contribution is 2.29. The van der Waals surface area contributed by atoms with E-state index in [1.54, 1.807) is 0 Å². The van der Waals surface area contributed by atoms with Crippen molar-refractivity contribution in [1.29, 1.82) is 0 Å². The Balaban J connectivity index is 1.98. The third-order valence-corrected chi connectivity index (χ3v) is 4.65. The predicted octanol–water partition coefficient (Wildman–Crippen LogP) is 2.45. The monoisotopic (exact) mass is 281 g/mol. The number of carbonyl (C=O) groups is 1. The van der Waals surface area contributed by atoms with Gasteiger partial charge in [0.25, 0.3) is 0 Å². The number of nitrogen functional groups attached to an aromatic ring is 1. The minimum atomic E-state index is -1.01. The Labute approximate surface area is 117 Å². The van der Waals surface area contributed by atoms with E-state index in [2.05, 4.69) is 16.6 Å². The summed E-state index contributed by atoms with van der Waals surface area (Å²) in [5, 5.41) is 12.9. The van der Waals surface area contributed by atoms with Crippen molar-refractivity contribution in [3.05, 3.63) is 17.8 Å². The number of nitrogens with two attached hydrogens (primary N) is 1. The van der Waals surface area contributed by atoms with Crippen LogP contribution >= 0.6 is 11.8 Å². The van der Waals surface area contributed by atoms with Gasteiger partial charge in [0.05, 0.1) is 11.3 Å². The van der Waals surface area contributed by atoms with Gasteiger partial charge in [0.1, 0.15) is 5.82 Å². The van der Waals surface area contributed by atoms with E-state index in [9.17, 15) is 4.79 Å². The van der Waals surface area contributed by atoms with Gasteiger partial charge in [0, 0.05) is 17.5 Å². The molecule has 0 aliphatic heterocycles. The summed E-state index contributed by atoms with van der Waals surface area (Å²) in [7, 11) is 0. The van der Waals surface area contributed by atoms with Crippen molar-refractivity contribution in [2.24, 2.45) is 0 Å². The van der Waals surface area contributed by atoms with Gasteiger partial charge in [-0.05, 0) is 38.0 Å². The van der Waals surface area contributed by atoms with Crippen LogP contribution in [0.5, 0.6) is 0 Å². The SMILES string of the molecule is CSC1CCC(Nc2ncc(C(=O)O)cc2N)CC1. The van der Waals surface area contributed by atoms with Crippen LogP contribution in [-0.4, -0.2) is 33.6 Å². The van der Waals surface area contributed by atoms with Gasteiger partial charge in [-0.25, -0.2) is 9.78 Å². The van der Waals surface area contributed by atoms with Crippen LogP contribution in [0.3, 0.4) is 0 Å². The number of aromatic carboxylic acids is 1. The zero-order valence-corrected chi connectivity index (χ0v) is 11.7. The Bertz CT molecular complexity index is 459. The molecular weight excluding hydrogens is 262 g/mol. The van der Waals surface area contributed by atoms with Crippen LogP contribution in [0.4, 0.5) is 11.5 Å². The first-order valence-electron chi connectivity index (χ1n) is 6.38. The lowest BCUT2D eigenvalue weighted by atomic mass is 9.95. The minimum absolute atomic E-state index is 0.120. The van der Waals surface area contributed by atoms with Crippen LogP contribution in [0.15, 0.2) is 12.3 Å². The van der Waals surface area contributed by atoms with Crippen LogP contribution in [0, 0.1) is 0 Å². The van der Waals surface area contributed by atoms with E-state index in [0.717, 1.165) is 18.1 Å². The lowest BCUT2D eigenvalue weighted by Crippen LogP contribution is -2.27. The molecule has 0 saturated heterocycles. The van der Waals surface area contributed by atoms with Crippen molar-refractivity contribution < 1.29 is 9.90 Å². The first-order chi connectivity index (χ1) is 9.10. The van der Waals surface area contributed by atoms with E-state index in [1.165, 1.54) is 25.1 Å². The van der Waals surface area contributed by atoms with Crippen LogP contribution < -0.4 is 11.1 Å². The van der Waals surface area contributed by atoms with Gasteiger partial charge < -0.3 is 16.2 Å². The number of thioether (sulfide) groups is 1. The fourth-order valence-corrected chi connectivity index (χ4v) is 3.10. The summed E-state index contributed by atoms with van der Waals surface area (Å²) >= 11 is 1.93. The van der Waals surface area contributed by atoms with Crippen molar-refractivity contribution in [2.45, 2.75) is 37.0 Å². The number of nitrogens with zero attached hydrogens (tertiary/aromatic N) is 1. The van der Waals surface area contributed by atoms with E-state index < -0.39 is 5.97 Å². The maximum Gasteiger partial charge on any atom is 0.337 e. The summed E-state index contributed by atoms with van der Waals surface area (Å²) in [5.74, 6) is -0.413. The number of carboxylic acids is 1. The van der Waals surface area contributed by atoms with Gasteiger partial charge in [-0.2, -0.15) is 11.8 Å². The maximum atomic E-state index is 10.8. The standard InChI is InChI=1S/C13H19N3O2S/c1-19-10-4-2-9(3-5-10)16-12-11(14)6-8(7-15-12)13(17)18/h6-7,9-10H,2-5,14H2,1H3,(H,15,16)(H,17,18).